The van der Waals surface area contributed by atoms with Gasteiger partial charge < -0.3 is 5.32 Å². The Balaban J connectivity index is 2.35. The van der Waals surface area contributed by atoms with Crippen molar-refractivity contribution in [3.8, 4) is 0 Å². The van der Waals surface area contributed by atoms with E-state index >= 15 is 0 Å². The molecule has 17 heavy (non-hydrogen) atoms. The summed E-state index contributed by atoms with van der Waals surface area (Å²) in [5.74, 6) is -0.379. The minimum Gasteiger partial charge on any atom is -0.307 e. The van der Waals surface area contributed by atoms with Crippen LogP contribution in [0.25, 0.3) is 0 Å². The lowest BCUT2D eigenvalue weighted by Gasteiger charge is -2.17. The first kappa shape index (κ1) is 12.6. The molecule has 1 unspecified atom stereocenters. The molecular formula is C13H13ClFNS. The summed E-state index contributed by atoms with van der Waals surface area (Å²) in [7, 11) is 0. The van der Waals surface area contributed by atoms with Crippen molar-refractivity contribution in [1.29, 1.82) is 0 Å². The highest BCUT2D eigenvalue weighted by Gasteiger charge is 2.14. The molecule has 0 aliphatic rings. The summed E-state index contributed by atoms with van der Waals surface area (Å²) in [5, 5.41) is 7.66. The summed E-state index contributed by atoms with van der Waals surface area (Å²) in [6, 6.07) is 7.00. The molecule has 1 nitrogen and oxygen atoms in total. The van der Waals surface area contributed by atoms with E-state index in [0.29, 0.717) is 0 Å². The Morgan fingerprint density at radius 1 is 1.35 bits per heavy atom. The van der Waals surface area contributed by atoms with E-state index in [-0.39, 0.29) is 16.9 Å². The fourth-order valence-corrected chi connectivity index (χ4v) is 2.64. The minimum absolute atomic E-state index is 0.0735. The summed E-state index contributed by atoms with van der Waals surface area (Å²) >= 11 is 7.47. The largest absolute Gasteiger partial charge is 0.307 e. The normalized spacial score (nSPS) is 12.6. The molecule has 0 spiro atoms. The van der Waals surface area contributed by atoms with E-state index in [2.05, 4.69) is 16.8 Å². The smallest absolute Gasteiger partial charge is 0.141 e. The first-order valence-corrected chi connectivity index (χ1v) is 6.75. The molecule has 0 amide bonds. The molecular weight excluding hydrogens is 257 g/mol. The van der Waals surface area contributed by atoms with Crippen LogP contribution in [0.3, 0.4) is 0 Å². The van der Waals surface area contributed by atoms with Crippen molar-refractivity contribution in [2.24, 2.45) is 0 Å². The summed E-state index contributed by atoms with van der Waals surface area (Å²) < 4.78 is 13.1. The van der Waals surface area contributed by atoms with Gasteiger partial charge in [0.05, 0.1) is 11.1 Å². The van der Waals surface area contributed by atoms with Gasteiger partial charge in [-0.2, -0.15) is 11.3 Å². The van der Waals surface area contributed by atoms with Crippen molar-refractivity contribution in [3.05, 3.63) is 57.0 Å². The molecule has 0 bridgehead atoms. The molecule has 0 aliphatic carbocycles. The van der Waals surface area contributed by atoms with Gasteiger partial charge in [0.15, 0.2) is 0 Å². The van der Waals surface area contributed by atoms with E-state index in [0.717, 1.165) is 12.1 Å². The van der Waals surface area contributed by atoms with Crippen LogP contribution >= 0.6 is 22.9 Å². The SMILES string of the molecule is CCNC(c1ccsc1)c1ccc(F)c(Cl)c1. The quantitative estimate of drug-likeness (QED) is 0.875. The van der Waals surface area contributed by atoms with Crippen molar-refractivity contribution in [2.45, 2.75) is 13.0 Å². The fourth-order valence-electron chi connectivity index (χ4n) is 1.76. The van der Waals surface area contributed by atoms with E-state index in [1.807, 2.05) is 12.3 Å². The third kappa shape index (κ3) is 2.86. The monoisotopic (exact) mass is 269 g/mol. The van der Waals surface area contributed by atoms with Crippen molar-refractivity contribution < 1.29 is 4.39 Å². The number of benzene rings is 1. The molecule has 1 aromatic carbocycles. The molecule has 1 heterocycles. The van der Waals surface area contributed by atoms with E-state index in [1.165, 1.54) is 11.6 Å². The highest BCUT2D eigenvalue weighted by Crippen LogP contribution is 2.27. The summed E-state index contributed by atoms with van der Waals surface area (Å²) in [6.45, 7) is 2.89. The molecule has 0 radical (unpaired) electrons. The number of nitrogens with one attached hydrogen (secondary N) is 1. The van der Waals surface area contributed by atoms with Gasteiger partial charge in [0.25, 0.3) is 0 Å². The van der Waals surface area contributed by atoms with Gasteiger partial charge in [0, 0.05) is 0 Å². The van der Waals surface area contributed by atoms with Gasteiger partial charge in [-0.15, -0.1) is 0 Å². The third-order valence-corrected chi connectivity index (χ3v) is 3.55. The molecule has 0 saturated carbocycles. The second kappa shape index (κ2) is 5.63. The molecule has 1 atom stereocenters. The van der Waals surface area contributed by atoms with Crippen LogP contribution in [0.15, 0.2) is 35.0 Å². The maximum absolute atomic E-state index is 13.1. The van der Waals surface area contributed by atoms with Crippen LogP contribution in [0, 0.1) is 5.82 Å². The molecule has 2 rings (SSSR count). The Labute approximate surface area is 109 Å². The highest BCUT2D eigenvalue weighted by atomic mass is 35.5. The molecule has 0 fully saturated rings. The zero-order valence-corrected chi connectivity index (χ0v) is 11.0. The zero-order valence-electron chi connectivity index (χ0n) is 9.41. The number of thiophene rings is 1. The van der Waals surface area contributed by atoms with Crippen LogP contribution in [0.1, 0.15) is 24.1 Å². The lowest BCUT2D eigenvalue weighted by atomic mass is 10.0. The Bertz CT molecular complexity index is 484. The molecule has 2 aromatic rings. The van der Waals surface area contributed by atoms with E-state index in [4.69, 9.17) is 11.6 Å². The molecule has 0 aliphatic heterocycles. The first-order valence-electron chi connectivity index (χ1n) is 5.42. The third-order valence-electron chi connectivity index (χ3n) is 2.56. The van der Waals surface area contributed by atoms with E-state index < -0.39 is 0 Å². The van der Waals surface area contributed by atoms with Crippen LogP contribution in [-0.4, -0.2) is 6.54 Å². The van der Waals surface area contributed by atoms with Gasteiger partial charge in [-0.1, -0.05) is 24.6 Å². The van der Waals surface area contributed by atoms with Crippen molar-refractivity contribution in [3.63, 3.8) is 0 Å². The maximum atomic E-state index is 13.1. The Morgan fingerprint density at radius 2 is 2.18 bits per heavy atom. The molecule has 1 aromatic heterocycles. The maximum Gasteiger partial charge on any atom is 0.141 e. The Hall–Kier alpha value is -0.900. The van der Waals surface area contributed by atoms with Crippen molar-refractivity contribution in [1.82, 2.24) is 5.32 Å². The van der Waals surface area contributed by atoms with Gasteiger partial charge in [-0.05, 0) is 46.6 Å². The fraction of sp³-hybridized carbons (Fsp3) is 0.231. The zero-order chi connectivity index (χ0) is 12.3. The summed E-state index contributed by atoms with van der Waals surface area (Å²) in [5.41, 5.74) is 2.16. The van der Waals surface area contributed by atoms with E-state index in [1.54, 1.807) is 23.5 Å². The Kier molecular flexibility index (Phi) is 4.15. The Morgan fingerprint density at radius 3 is 2.76 bits per heavy atom. The standard InChI is InChI=1S/C13H13ClFNS/c1-2-16-13(10-5-6-17-8-10)9-3-4-12(15)11(14)7-9/h3-8,13,16H,2H2,1H3. The van der Waals surface area contributed by atoms with Gasteiger partial charge in [-0.25, -0.2) is 4.39 Å². The summed E-state index contributed by atoms with van der Waals surface area (Å²) in [4.78, 5) is 0. The number of rotatable bonds is 4. The van der Waals surface area contributed by atoms with Crippen LogP contribution in [-0.2, 0) is 0 Å². The van der Waals surface area contributed by atoms with Crippen molar-refractivity contribution >= 4 is 22.9 Å². The van der Waals surface area contributed by atoms with Gasteiger partial charge in [0.2, 0.25) is 0 Å². The highest BCUT2D eigenvalue weighted by molar-refractivity contribution is 7.08. The van der Waals surface area contributed by atoms with Crippen LogP contribution < -0.4 is 5.32 Å². The van der Waals surface area contributed by atoms with E-state index in [9.17, 15) is 4.39 Å². The molecule has 4 heteroatoms. The average Bonchev–Trinajstić information content (AvgIpc) is 2.83. The average molecular weight is 270 g/mol. The van der Waals surface area contributed by atoms with Crippen LogP contribution in [0.5, 0.6) is 0 Å². The van der Waals surface area contributed by atoms with Gasteiger partial charge >= 0.3 is 0 Å². The first-order chi connectivity index (χ1) is 8.22. The number of hydrogen-bond donors (Lipinski definition) is 1. The minimum atomic E-state index is -0.379. The number of halogens is 2. The topological polar surface area (TPSA) is 12.0 Å². The van der Waals surface area contributed by atoms with Gasteiger partial charge in [-0.3, -0.25) is 0 Å². The summed E-state index contributed by atoms with van der Waals surface area (Å²) in [6.07, 6.45) is 0. The predicted octanol–water partition coefficient (Wildman–Crippen LogP) is 4.24. The van der Waals surface area contributed by atoms with Gasteiger partial charge in [0.1, 0.15) is 5.82 Å². The molecule has 90 valence electrons. The lowest BCUT2D eigenvalue weighted by molar-refractivity contribution is 0.614. The second-order valence-electron chi connectivity index (χ2n) is 3.72. The molecule has 0 saturated heterocycles. The van der Waals surface area contributed by atoms with Crippen LogP contribution in [0.4, 0.5) is 4.39 Å². The van der Waals surface area contributed by atoms with Crippen LogP contribution in [0.2, 0.25) is 5.02 Å². The lowest BCUT2D eigenvalue weighted by Crippen LogP contribution is -2.21. The predicted molar refractivity (Wildman–Crippen MR) is 71.2 cm³/mol. The number of hydrogen-bond acceptors (Lipinski definition) is 2. The second-order valence-corrected chi connectivity index (χ2v) is 4.91. The van der Waals surface area contributed by atoms with Crippen molar-refractivity contribution in [2.75, 3.05) is 6.54 Å². The molecule has 1 N–H and O–H groups in total.